The van der Waals surface area contributed by atoms with Gasteiger partial charge >= 0.3 is 0 Å². The minimum absolute atomic E-state index is 0.318. The number of aldehydes is 1. The van der Waals surface area contributed by atoms with E-state index in [0.717, 1.165) is 9.86 Å². The maximum atomic E-state index is 10.4. The van der Waals surface area contributed by atoms with Crippen LogP contribution in [0.25, 0.3) is 11.0 Å². The number of hydrogen-bond donors (Lipinski definition) is 0. The lowest BCUT2D eigenvalue weighted by molar-refractivity contribution is 0.110. The molecule has 0 aliphatic carbocycles. The Balaban J connectivity index is 2.82. The first kappa shape index (κ1) is 7.49. The van der Waals surface area contributed by atoms with E-state index in [1.807, 2.05) is 0 Å². The smallest absolute Gasteiger partial charge is 0.185 e. The quantitative estimate of drug-likeness (QED) is 0.701. The van der Waals surface area contributed by atoms with Crippen molar-refractivity contribution in [1.82, 2.24) is 4.98 Å². The van der Waals surface area contributed by atoms with Crippen LogP contribution in [0.3, 0.4) is 0 Å². The molecule has 12 heavy (non-hydrogen) atoms. The van der Waals surface area contributed by atoms with E-state index in [2.05, 4.69) is 20.9 Å². The Kier molecular flexibility index (Phi) is 1.69. The van der Waals surface area contributed by atoms with Crippen molar-refractivity contribution in [2.24, 2.45) is 0 Å². The molecule has 2 heterocycles. The highest BCUT2D eigenvalue weighted by Gasteiger charge is 2.05. The van der Waals surface area contributed by atoms with Gasteiger partial charge in [0.2, 0.25) is 0 Å². The van der Waals surface area contributed by atoms with Crippen LogP contribution in [0.5, 0.6) is 0 Å². The largest absolute Gasteiger partial charge is 0.452 e. The molecule has 0 aliphatic rings. The molecule has 2 aromatic heterocycles. The Bertz CT molecular complexity index is 436. The Morgan fingerprint density at radius 1 is 1.50 bits per heavy atom. The summed E-state index contributed by atoms with van der Waals surface area (Å²) >= 11 is 3.27. The molecule has 60 valence electrons. The minimum Gasteiger partial charge on any atom is -0.452 e. The summed E-state index contributed by atoms with van der Waals surface area (Å²) in [5.41, 5.74) is 0.659. The molecule has 2 aromatic rings. The fraction of sp³-hybridized carbons (Fsp3) is 0. The summed E-state index contributed by atoms with van der Waals surface area (Å²) in [5.74, 6) is 0.318. The highest BCUT2D eigenvalue weighted by Crippen LogP contribution is 2.24. The third-order valence-corrected chi connectivity index (χ3v) is 2.08. The fourth-order valence-corrected chi connectivity index (χ4v) is 1.44. The Morgan fingerprint density at radius 2 is 2.33 bits per heavy atom. The number of pyridine rings is 1. The lowest BCUT2D eigenvalue weighted by atomic mass is 10.3. The van der Waals surface area contributed by atoms with E-state index in [4.69, 9.17) is 4.42 Å². The molecule has 0 spiro atoms. The number of fused-ring (bicyclic) bond motifs is 1. The second-order valence-corrected chi connectivity index (χ2v) is 3.16. The third-order valence-electron chi connectivity index (χ3n) is 1.51. The molecule has 0 saturated carbocycles. The summed E-state index contributed by atoms with van der Waals surface area (Å²) in [6, 6.07) is 1.65. The topological polar surface area (TPSA) is 43.1 Å². The first-order valence-corrected chi connectivity index (χ1v) is 4.09. The van der Waals surface area contributed by atoms with E-state index in [-0.39, 0.29) is 0 Å². The van der Waals surface area contributed by atoms with E-state index >= 15 is 0 Å². The number of halogens is 1. The molecule has 0 bridgehead atoms. The minimum atomic E-state index is 0.318. The molecule has 0 aliphatic heterocycles. The van der Waals surface area contributed by atoms with E-state index in [1.165, 1.54) is 0 Å². The molecule has 0 N–H and O–H groups in total. The lowest BCUT2D eigenvalue weighted by Crippen LogP contribution is -1.70. The van der Waals surface area contributed by atoms with Crippen LogP contribution < -0.4 is 0 Å². The van der Waals surface area contributed by atoms with Gasteiger partial charge in [-0.25, -0.2) is 0 Å². The summed E-state index contributed by atoms with van der Waals surface area (Å²) < 4.78 is 5.95. The number of carbonyl (C=O) groups is 1. The molecule has 0 radical (unpaired) electrons. The van der Waals surface area contributed by atoms with Gasteiger partial charge in [-0.3, -0.25) is 9.78 Å². The maximum absolute atomic E-state index is 10.4. The number of nitrogens with zero attached hydrogens (tertiary/aromatic N) is 1. The van der Waals surface area contributed by atoms with Crippen molar-refractivity contribution >= 4 is 33.2 Å². The summed E-state index contributed by atoms with van der Waals surface area (Å²) in [6.45, 7) is 0. The molecule has 0 fully saturated rings. The Morgan fingerprint density at radius 3 is 3.00 bits per heavy atom. The first-order valence-electron chi connectivity index (χ1n) is 3.29. The highest BCUT2D eigenvalue weighted by molar-refractivity contribution is 9.10. The van der Waals surface area contributed by atoms with Gasteiger partial charge < -0.3 is 4.42 Å². The zero-order valence-electron chi connectivity index (χ0n) is 5.95. The molecule has 0 saturated heterocycles. The number of aromatic nitrogens is 1. The van der Waals surface area contributed by atoms with Gasteiger partial charge in [0.15, 0.2) is 17.6 Å². The average molecular weight is 226 g/mol. The number of furan rings is 1. The molecule has 4 heteroatoms. The van der Waals surface area contributed by atoms with Gasteiger partial charge in [0.25, 0.3) is 0 Å². The standard InChI is InChI=1S/C8H4BrNO2/c9-7-3-10-2-5-1-6(4-11)12-8(5)7/h1-4H. The summed E-state index contributed by atoms with van der Waals surface area (Å²) in [7, 11) is 0. The van der Waals surface area contributed by atoms with Crippen LogP contribution in [0, 0.1) is 0 Å². The monoisotopic (exact) mass is 225 g/mol. The van der Waals surface area contributed by atoms with Crippen LogP contribution >= 0.6 is 15.9 Å². The molecule has 0 unspecified atom stereocenters. The van der Waals surface area contributed by atoms with Gasteiger partial charge in [-0.2, -0.15) is 0 Å². The van der Waals surface area contributed by atoms with Gasteiger partial charge in [-0.05, 0) is 22.0 Å². The van der Waals surface area contributed by atoms with Crippen LogP contribution in [0.2, 0.25) is 0 Å². The molecule has 0 atom stereocenters. The van der Waals surface area contributed by atoms with Gasteiger partial charge in [0.05, 0.1) is 4.47 Å². The van der Waals surface area contributed by atoms with Crippen LogP contribution in [-0.2, 0) is 0 Å². The second-order valence-electron chi connectivity index (χ2n) is 2.31. The first-order chi connectivity index (χ1) is 5.81. The van der Waals surface area contributed by atoms with Crippen molar-refractivity contribution < 1.29 is 9.21 Å². The van der Waals surface area contributed by atoms with Crippen LogP contribution in [0.15, 0.2) is 27.3 Å². The van der Waals surface area contributed by atoms with Gasteiger partial charge in [-0.15, -0.1) is 0 Å². The van der Waals surface area contributed by atoms with E-state index in [0.29, 0.717) is 17.6 Å². The Labute approximate surface area is 76.5 Å². The SMILES string of the molecule is O=Cc1cc2cncc(Br)c2o1. The van der Waals surface area contributed by atoms with Crippen LogP contribution in [0.1, 0.15) is 10.6 Å². The summed E-state index contributed by atoms with van der Waals surface area (Å²) in [4.78, 5) is 14.3. The number of carbonyl (C=O) groups excluding carboxylic acids is 1. The lowest BCUT2D eigenvalue weighted by Gasteiger charge is -1.88. The van der Waals surface area contributed by atoms with Gasteiger partial charge in [-0.1, -0.05) is 0 Å². The van der Waals surface area contributed by atoms with Crippen molar-refractivity contribution in [2.75, 3.05) is 0 Å². The molecular weight excluding hydrogens is 222 g/mol. The maximum Gasteiger partial charge on any atom is 0.185 e. The van der Waals surface area contributed by atoms with Gasteiger partial charge in [0.1, 0.15) is 0 Å². The zero-order chi connectivity index (χ0) is 8.55. The molecule has 0 amide bonds. The number of hydrogen-bond acceptors (Lipinski definition) is 3. The zero-order valence-corrected chi connectivity index (χ0v) is 7.54. The predicted octanol–water partition coefficient (Wildman–Crippen LogP) is 2.40. The molecule has 2 rings (SSSR count). The summed E-state index contributed by atoms with van der Waals surface area (Å²) in [6.07, 6.45) is 3.95. The third kappa shape index (κ3) is 1.04. The predicted molar refractivity (Wildman–Crippen MR) is 47.1 cm³/mol. The van der Waals surface area contributed by atoms with Crippen molar-refractivity contribution in [3.05, 3.63) is 28.7 Å². The van der Waals surface area contributed by atoms with E-state index in [9.17, 15) is 4.79 Å². The highest BCUT2D eigenvalue weighted by atomic mass is 79.9. The Hall–Kier alpha value is -1.16. The normalized spacial score (nSPS) is 10.4. The second kappa shape index (κ2) is 2.71. The average Bonchev–Trinajstić information content (AvgIpc) is 2.49. The fourth-order valence-electron chi connectivity index (χ4n) is 1.01. The molecular formula is C8H4BrNO2. The van der Waals surface area contributed by atoms with Crippen LogP contribution in [-0.4, -0.2) is 11.3 Å². The van der Waals surface area contributed by atoms with Gasteiger partial charge in [0, 0.05) is 17.8 Å². The van der Waals surface area contributed by atoms with Crippen molar-refractivity contribution in [1.29, 1.82) is 0 Å². The van der Waals surface area contributed by atoms with E-state index < -0.39 is 0 Å². The van der Waals surface area contributed by atoms with Crippen LogP contribution in [0.4, 0.5) is 0 Å². The molecule has 3 nitrogen and oxygen atoms in total. The number of rotatable bonds is 1. The van der Waals surface area contributed by atoms with Crippen molar-refractivity contribution in [3.8, 4) is 0 Å². The molecule has 0 aromatic carbocycles. The van der Waals surface area contributed by atoms with Crippen molar-refractivity contribution in [3.63, 3.8) is 0 Å². The van der Waals surface area contributed by atoms with E-state index in [1.54, 1.807) is 18.5 Å². The summed E-state index contributed by atoms with van der Waals surface area (Å²) in [5, 5.41) is 0.825. The van der Waals surface area contributed by atoms with Crippen molar-refractivity contribution in [2.45, 2.75) is 0 Å².